The number of halogens is 1. The van der Waals surface area contributed by atoms with Crippen molar-refractivity contribution in [1.82, 2.24) is 16.0 Å². The van der Waals surface area contributed by atoms with Crippen LogP contribution in [0.4, 0.5) is 0 Å². The summed E-state index contributed by atoms with van der Waals surface area (Å²) >= 11 is 0. The Kier molecular flexibility index (Phi) is 12.8. The third-order valence-corrected chi connectivity index (χ3v) is 4.57. The van der Waals surface area contributed by atoms with E-state index in [1.54, 1.807) is 7.05 Å². The smallest absolute Gasteiger partial charge is 0.221 e. The Morgan fingerprint density at radius 3 is 1.93 bits per heavy atom. The van der Waals surface area contributed by atoms with Gasteiger partial charge in [-0.05, 0) is 24.0 Å². The van der Waals surface area contributed by atoms with Crippen molar-refractivity contribution in [1.29, 1.82) is 0 Å². The molecule has 0 radical (unpaired) electrons. The first kappa shape index (κ1) is 24.9. The fourth-order valence-corrected chi connectivity index (χ4v) is 3.10. The summed E-state index contributed by atoms with van der Waals surface area (Å²) < 4.78 is 0. The van der Waals surface area contributed by atoms with Crippen LogP contribution in [0.15, 0.2) is 65.7 Å². The molecule has 0 saturated carbocycles. The van der Waals surface area contributed by atoms with E-state index in [9.17, 15) is 4.79 Å². The van der Waals surface area contributed by atoms with Gasteiger partial charge in [-0.2, -0.15) is 0 Å². The molecule has 6 heteroatoms. The van der Waals surface area contributed by atoms with Crippen molar-refractivity contribution < 1.29 is 4.79 Å². The summed E-state index contributed by atoms with van der Waals surface area (Å²) in [6, 6.07) is 21.2. The SMILES string of the molecule is CCCNC(=O)CCNC(=NC)NCCC(c1ccccc1)c1ccccc1.I. The van der Waals surface area contributed by atoms with E-state index in [1.165, 1.54) is 11.1 Å². The van der Waals surface area contributed by atoms with Crippen LogP contribution in [0.25, 0.3) is 0 Å². The van der Waals surface area contributed by atoms with E-state index in [-0.39, 0.29) is 29.9 Å². The van der Waals surface area contributed by atoms with Crippen molar-refractivity contribution in [3.63, 3.8) is 0 Å². The highest BCUT2D eigenvalue weighted by Gasteiger charge is 2.13. The van der Waals surface area contributed by atoms with Gasteiger partial charge in [0.05, 0.1) is 0 Å². The highest BCUT2D eigenvalue weighted by atomic mass is 127. The van der Waals surface area contributed by atoms with Gasteiger partial charge < -0.3 is 16.0 Å². The fraction of sp³-hybridized carbons (Fsp3) is 0.391. The monoisotopic (exact) mass is 508 g/mol. The van der Waals surface area contributed by atoms with Crippen LogP contribution >= 0.6 is 24.0 Å². The molecule has 0 atom stereocenters. The summed E-state index contributed by atoms with van der Waals surface area (Å²) in [7, 11) is 1.75. The molecular formula is C23H33IN4O. The zero-order valence-corrected chi connectivity index (χ0v) is 19.7. The van der Waals surface area contributed by atoms with Crippen molar-refractivity contribution in [2.75, 3.05) is 26.7 Å². The lowest BCUT2D eigenvalue weighted by atomic mass is 9.88. The molecule has 0 aliphatic heterocycles. The van der Waals surface area contributed by atoms with E-state index in [4.69, 9.17) is 0 Å². The molecule has 0 aromatic heterocycles. The number of hydrogen-bond donors (Lipinski definition) is 3. The van der Waals surface area contributed by atoms with Crippen LogP contribution in [0.1, 0.15) is 43.2 Å². The quantitative estimate of drug-likeness (QED) is 0.259. The van der Waals surface area contributed by atoms with Gasteiger partial charge in [0, 0.05) is 39.0 Å². The number of aliphatic imine (C=N–C) groups is 1. The number of carbonyl (C=O) groups is 1. The average molecular weight is 508 g/mol. The molecule has 0 spiro atoms. The van der Waals surface area contributed by atoms with Gasteiger partial charge in [-0.1, -0.05) is 67.6 Å². The Morgan fingerprint density at radius 1 is 0.862 bits per heavy atom. The first-order valence-electron chi connectivity index (χ1n) is 10.1. The van der Waals surface area contributed by atoms with Gasteiger partial charge in [-0.3, -0.25) is 9.79 Å². The minimum atomic E-state index is 0. The van der Waals surface area contributed by atoms with Crippen LogP contribution in [0.3, 0.4) is 0 Å². The van der Waals surface area contributed by atoms with Gasteiger partial charge in [-0.15, -0.1) is 24.0 Å². The summed E-state index contributed by atoms with van der Waals surface area (Å²) in [6.07, 6.45) is 2.34. The Hall–Kier alpha value is -2.09. The second-order valence-electron chi connectivity index (χ2n) is 6.69. The average Bonchev–Trinajstić information content (AvgIpc) is 2.75. The van der Waals surface area contributed by atoms with Crippen molar-refractivity contribution in [2.24, 2.45) is 4.99 Å². The van der Waals surface area contributed by atoms with E-state index < -0.39 is 0 Å². The third kappa shape index (κ3) is 9.30. The number of nitrogens with one attached hydrogen (secondary N) is 3. The Balaban J connectivity index is 0.00000420. The molecular weight excluding hydrogens is 475 g/mol. The normalized spacial score (nSPS) is 10.9. The van der Waals surface area contributed by atoms with Crippen LogP contribution in [0.5, 0.6) is 0 Å². The lowest BCUT2D eigenvalue weighted by molar-refractivity contribution is -0.120. The lowest BCUT2D eigenvalue weighted by Gasteiger charge is -2.19. The second kappa shape index (κ2) is 14.8. The van der Waals surface area contributed by atoms with Gasteiger partial charge >= 0.3 is 0 Å². The summed E-state index contributed by atoms with van der Waals surface area (Å²) in [5, 5.41) is 9.45. The molecule has 0 saturated heterocycles. The number of benzene rings is 2. The number of guanidine groups is 1. The molecule has 0 heterocycles. The Bertz CT molecular complexity index is 683. The number of nitrogens with zero attached hydrogens (tertiary/aromatic N) is 1. The van der Waals surface area contributed by atoms with E-state index >= 15 is 0 Å². The summed E-state index contributed by atoms with van der Waals surface area (Å²) in [5.74, 6) is 1.12. The van der Waals surface area contributed by atoms with Crippen molar-refractivity contribution in [3.05, 3.63) is 71.8 Å². The summed E-state index contributed by atoms with van der Waals surface area (Å²) in [6.45, 7) is 4.13. The van der Waals surface area contributed by atoms with E-state index in [0.29, 0.717) is 18.9 Å². The summed E-state index contributed by atoms with van der Waals surface area (Å²) in [5.41, 5.74) is 2.62. The molecule has 1 amide bonds. The van der Waals surface area contributed by atoms with Crippen molar-refractivity contribution in [2.45, 2.75) is 32.1 Å². The van der Waals surface area contributed by atoms with Gasteiger partial charge in [-0.25, -0.2) is 0 Å². The van der Waals surface area contributed by atoms with Crippen LogP contribution < -0.4 is 16.0 Å². The van der Waals surface area contributed by atoms with Crippen LogP contribution in [0, 0.1) is 0 Å². The van der Waals surface area contributed by atoms with E-state index in [1.807, 2.05) is 19.1 Å². The van der Waals surface area contributed by atoms with E-state index in [2.05, 4.69) is 69.5 Å². The molecule has 0 fully saturated rings. The minimum absolute atomic E-state index is 0. The van der Waals surface area contributed by atoms with Crippen molar-refractivity contribution in [3.8, 4) is 0 Å². The largest absolute Gasteiger partial charge is 0.356 e. The van der Waals surface area contributed by atoms with Crippen LogP contribution in [-0.2, 0) is 4.79 Å². The molecule has 2 rings (SSSR count). The maximum atomic E-state index is 11.7. The molecule has 29 heavy (non-hydrogen) atoms. The standard InChI is InChI=1S/C23H32N4O.HI/c1-3-16-25-22(28)15-18-27-23(24-2)26-17-14-21(19-10-6-4-7-11-19)20-12-8-5-9-13-20;/h4-13,21H,3,14-18H2,1-2H3,(H,25,28)(H2,24,26,27);1H. The van der Waals surface area contributed by atoms with Gasteiger partial charge in [0.25, 0.3) is 0 Å². The second-order valence-corrected chi connectivity index (χ2v) is 6.69. The third-order valence-electron chi connectivity index (χ3n) is 4.57. The molecule has 158 valence electrons. The number of hydrogen-bond acceptors (Lipinski definition) is 2. The number of amides is 1. The topological polar surface area (TPSA) is 65.5 Å². The van der Waals surface area contributed by atoms with Gasteiger partial charge in [0.2, 0.25) is 5.91 Å². The lowest BCUT2D eigenvalue weighted by Crippen LogP contribution is -2.40. The van der Waals surface area contributed by atoms with Crippen LogP contribution in [-0.4, -0.2) is 38.5 Å². The minimum Gasteiger partial charge on any atom is -0.356 e. The zero-order chi connectivity index (χ0) is 20.0. The molecule has 0 aliphatic rings. The zero-order valence-electron chi connectivity index (χ0n) is 17.4. The predicted octanol–water partition coefficient (Wildman–Crippen LogP) is 3.91. The first-order chi connectivity index (χ1) is 13.7. The van der Waals surface area contributed by atoms with Crippen LogP contribution in [0.2, 0.25) is 0 Å². The van der Waals surface area contributed by atoms with Crippen molar-refractivity contribution >= 4 is 35.8 Å². The maximum absolute atomic E-state index is 11.7. The summed E-state index contributed by atoms with van der Waals surface area (Å²) in [4.78, 5) is 15.9. The molecule has 2 aromatic carbocycles. The fourth-order valence-electron chi connectivity index (χ4n) is 3.10. The van der Waals surface area contributed by atoms with Gasteiger partial charge in [0.1, 0.15) is 0 Å². The number of carbonyl (C=O) groups excluding carboxylic acids is 1. The molecule has 0 unspecified atom stereocenters. The molecule has 0 aliphatic carbocycles. The Morgan fingerprint density at radius 2 is 1.41 bits per heavy atom. The maximum Gasteiger partial charge on any atom is 0.221 e. The molecule has 5 nitrogen and oxygen atoms in total. The first-order valence-corrected chi connectivity index (χ1v) is 10.1. The van der Waals surface area contributed by atoms with E-state index in [0.717, 1.165) is 31.9 Å². The molecule has 0 bridgehead atoms. The van der Waals surface area contributed by atoms with Gasteiger partial charge in [0.15, 0.2) is 5.96 Å². The molecule has 2 aromatic rings. The Labute approximate surface area is 191 Å². The highest BCUT2D eigenvalue weighted by molar-refractivity contribution is 14.0. The predicted molar refractivity (Wildman–Crippen MR) is 132 cm³/mol. The highest BCUT2D eigenvalue weighted by Crippen LogP contribution is 2.27. The number of rotatable bonds is 10. The molecule has 3 N–H and O–H groups in total.